The summed E-state index contributed by atoms with van der Waals surface area (Å²) in [6.07, 6.45) is 3.28. The molecule has 0 spiro atoms. The standard InChI is InChI=1S/C29H31N5O4S/c1-3-29(16-17-29)28(35)31-22-12-14-23(15-13-22)34-39(36,37)24-11-7-10-21(19-24)26-32-27(38-33-26)25(30-2)18-20-8-5-4-6-9-20/h4-15,19,25,30,34H,3,16-18H2,1-2H3,(H,31,35)/t25-/m0/s1. The zero-order valence-electron chi connectivity index (χ0n) is 21.8. The van der Waals surface area contributed by atoms with Crippen LogP contribution in [0.2, 0.25) is 0 Å². The van der Waals surface area contributed by atoms with E-state index in [9.17, 15) is 13.2 Å². The van der Waals surface area contributed by atoms with Crippen molar-refractivity contribution in [3.63, 3.8) is 0 Å². The topological polar surface area (TPSA) is 126 Å². The van der Waals surface area contributed by atoms with Gasteiger partial charge < -0.3 is 15.2 Å². The molecule has 3 N–H and O–H groups in total. The fourth-order valence-corrected chi connectivity index (χ4v) is 5.55. The number of aromatic nitrogens is 2. The number of rotatable bonds is 11. The normalized spacial score (nSPS) is 14.9. The van der Waals surface area contributed by atoms with E-state index in [1.165, 1.54) is 12.1 Å². The molecule has 9 nitrogen and oxygen atoms in total. The Labute approximate surface area is 228 Å². The first kappa shape index (κ1) is 26.6. The molecule has 1 aliphatic rings. The molecule has 0 radical (unpaired) electrons. The van der Waals surface area contributed by atoms with Crippen molar-refractivity contribution in [2.24, 2.45) is 5.41 Å². The third-order valence-corrected chi connectivity index (χ3v) is 8.56. The third-order valence-electron chi connectivity index (χ3n) is 7.18. The Morgan fingerprint density at radius 1 is 1.00 bits per heavy atom. The number of sulfonamides is 1. The summed E-state index contributed by atoms with van der Waals surface area (Å²) in [5.74, 6) is 0.735. The molecule has 1 heterocycles. The van der Waals surface area contributed by atoms with Gasteiger partial charge in [0.05, 0.1) is 10.9 Å². The van der Waals surface area contributed by atoms with Crippen molar-refractivity contribution in [2.75, 3.05) is 17.1 Å². The zero-order chi connectivity index (χ0) is 27.5. The molecule has 1 aromatic heterocycles. The van der Waals surface area contributed by atoms with Gasteiger partial charge in [-0.25, -0.2) is 8.42 Å². The number of likely N-dealkylation sites (N-methyl/N-ethyl adjacent to an activating group) is 1. The average Bonchev–Trinajstić information content (AvgIpc) is 3.62. The van der Waals surface area contributed by atoms with Crippen molar-refractivity contribution in [3.8, 4) is 11.4 Å². The maximum atomic E-state index is 13.1. The first-order chi connectivity index (χ1) is 18.8. The minimum absolute atomic E-state index is 0.0147. The Morgan fingerprint density at radius 3 is 2.38 bits per heavy atom. The molecule has 0 saturated heterocycles. The molecule has 4 aromatic rings. The smallest absolute Gasteiger partial charge is 0.261 e. The van der Waals surface area contributed by atoms with E-state index in [1.54, 1.807) is 36.4 Å². The highest BCUT2D eigenvalue weighted by atomic mass is 32.2. The lowest BCUT2D eigenvalue weighted by Gasteiger charge is -2.13. The van der Waals surface area contributed by atoms with Gasteiger partial charge in [-0.15, -0.1) is 0 Å². The summed E-state index contributed by atoms with van der Waals surface area (Å²) in [5, 5.41) is 10.2. The van der Waals surface area contributed by atoms with Crippen LogP contribution in [0.4, 0.5) is 11.4 Å². The van der Waals surface area contributed by atoms with Crippen LogP contribution in [0, 0.1) is 5.41 Å². The van der Waals surface area contributed by atoms with Crippen LogP contribution in [0.1, 0.15) is 43.7 Å². The largest absolute Gasteiger partial charge is 0.337 e. The van der Waals surface area contributed by atoms with Gasteiger partial charge in [-0.2, -0.15) is 4.98 Å². The van der Waals surface area contributed by atoms with E-state index < -0.39 is 10.0 Å². The summed E-state index contributed by atoms with van der Waals surface area (Å²) in [6.45, 7) is 2.02. The highest BCUT2D eigenvalue weighted by Gasteiger charge is 2.47. The van der Waals surface area contributed by atoms with Crippen LogP contribution < -0.4 is 15.4 Å². The van der Waals surface area contributed by atoms with Crippen molar-refractivity contribution in [2.45, 2.75) is 43.5 Å². The second kappa shape index (κ2) is 11.0. The Hall–Kier alpha value is -4.02. The number of anilines is 2. The van der Waals surface area contributed by atoms with E-state index in [0.29, 0.717) is 35.1 Å². The molecule has 0 unspecified atom stereocenters. The molecule has 3 aromatic carbocycles. The predicted octanol–water partition coefficient (Wildman–Crippen LogP) is 5.17. The average molecular weight is 546 g/mol. The van der Waals surface area contributed by atoms with Crippen molar-refractivity contribution >= 4 is 27.3 Å². The number of nitrogens with zero attached hydrogens (tertiary/aromatic N) is 2. The lowest BCUT2D eigenvalue weighted by atomic mass is 10.0. The number of amides is 1. The molecule has 1 aliphatic carbocycles. The lowest BCUT2D eigenvalue weighted by Crippen LogP contribution is -2.23. The second-order valence-corrected chi connectivity index (χ2v) is 11.5. The van der Waals surface area contributed by atoms with E-state index in [1.807, 2.05) is 44.3 Å². The fraction of sp³-hybridized carbons (Fsp3) is 0.276. The molecule has 1 saturated carbocycles. The van der Waals surface area contributed by atoms with Crippen LogP contribution in [-0.2, 0) is 21.2 Å². The van der Waals surface area contributed by atoms with Crippen molar-refractivity contribution in [1.82, 2.24) is 15.5 Å². The van der Waals surface area contributed by atoms with Crippen LogP contribution >= 0.6 is 0 Å². The molecule has 202 valence electrons. The summed E-state index contributed by atoms with van der Waals surface area (Å²) in [4.78, 5) is 17.1. The Bertz CT molecular complexity index is 1550. The van der Waals surface area contributed by atoms with E-state index in [0.717, 1.165) is 24.8 Å². The number of carbonyl (C=O) groups is 1. The maximum absolute atomic E-state index is 13.1. The number of hydrogen-bond donors (Lipinski definition) is 3. The van der Waals surface area contributed by atoms with E-state index in [4.69, 9.17) is 4.52 Å². The van der Waals surface area contributed by atoms with Gasteiger partial charge >= 0.3 is 0 Å². The van der Waals surface area contributed by atoms with Gasteiger partial charge in [0, 0.05) is 22.4 Å². The van der Waals surface area contributed by atoms with Gasteiger partial charge in [0.15, 0.2) is 0 Å². The summed E-state index contributed by atoms with van der Waals surface area (Å²) in [7, 11) is -2.06. The van der Waals surface area contributed by atoms with Crippen molar-refractivity contribution in [1.29, 1.82) is 0 Å². The molecular formula is C29H31N5O4S. The van der Waals surface area contributed by atoms with Crippen LogP contribution in [0.3, 0.4) is 0 Å². The van der Waals surface area contributed by atoms with E-state index in [2.05, 4.69) is 25.5 Å². The molecule has 5 rings (SSSR count). The minimum atomic E-state index is -3.89. The molecule has 0 bridgehead atoms. The van der Waals surface area contributed by atoms with Gasteiger partial charge in [-0.3, -0.25) is 9.52 Å². The minimum Gasteiger partial charge on any atom is -0.337 e. The fourth-order valence-electron chi connectivity index (χ4n) is 4.45. The molecular weight excluding hydrogens is 514 g/mol. The van der Waals surface area contributed by atoms with Crippen LogP contribution in [0.5, 0.6) is 0 Å². The molecule has 1 fully saturated rings. The van der Waals surface area contributed by atoms with Gasteiger partial charge in [-0.1, -0.05) is 54.5 Å². The van der Waals surface area contributed by atoms with Crippen LogP contribution in [-0.4, -0.2) is 31.5 Å². The van der Waals surface area contributed by atoms with Crippen LogP contribution in [0.15, 0.2) is 88.3 Å². The highest BCUT2D eigenvalue weighted by molar-refractivity contribution is 7.92. The van der Waals surface area contributed by atoms with Gasteiger partial charge in [0.25, 0.3) is 10.0 Å². The highest BCUT2D eigenvalue weighted by Crippen LogP contribution is 2.49. The lowest BCUT2D eigenvalue weighted by molar-refractivity contribution is -0.121. The maximum Gasteiger partial charge on any atom is 0.261 e. The van der Waals surface area contributed by atoms with Gasteiger partial charge in [-0.05, 0) is 74.7 Å². The van der Waals surface area contributed by atoms with E-state index >= 15 is 0 Å². The quantitative estimate of drug-likeness (QED) is 0.237. The Kier molecular flexibility index (Phi) is 7.49. The number of nitrogens with one attached hydrogen (secondary N) is 3. The van der Waals surface area contributed by atoms with E-state index in [-0.39, 0.29) is 22.3 Å². The van der Waals surface area contributed by atoms with Crippen molar-refractivity contribution < 1.29 is 17.7 Å². The molecule has 1 atom stereocenters. The zero-order valence-corrected chi connectivity index (χ0v) is 22.7. The third kappa shape index (κ3) is 6.02. The second-order valence-electron chi connectivity index (χ2n) is 9.79. The molecule has 39 heavy (non-hydrogen) atoms. The first-order valence-electron chi connectivity index (χ1n) is 12.9. The van der Waals surface area contributed by atoms with Gasteiger partial charge in [0.2, 0.25) is 17.6 Å². The Morgan fingerprint density at radius 2 is 1.72 bits per heavy atom. The SMILES string of the molecule is CCC1(C(=O)Nc2ccc(NS(=O)(=O)c3cccc(-c4noc([C@H](Cc5ccccc5)NC)n4)c3)cc2)CC1. The first-order valence-corrected chi connectivity index (χ1v) is 14.4. The summed E-state index contributed by atoms with van der Waals surface area (Å²) in [5.41, 5.74) is 2.41. The molecule has 0 aliphatic heterocycles. The number of hydrogen-bond acceptors (Lipinski definition) is 7. The summed E-state index contributed by atoms with van der Waals surface area (Å²) in [6, 6.07) is 22.8. The molecule has 10 heteroatoms. The van der Waals surface area contributed by atoms with Crippen LogP contribution in [0.25, 0.3) is 11.4 Å². The Balaban J connectivity index is 1.27. The molecule has 1 amide bonds. The monoisotopic (exact) mass is 545 g/mol. The summed E-state index contributed by atoms with van der Waals surface area (Å²) >= 11 is 0. The van der Waals surface area contributed by atoms with Crippen molar-refractivity contribution in [3.05, 3.63) is 90.3 Å². The number of benzene rings is 3. The van der Waals surface area contributed by atoms with Gasteiger partial charge in [0.1, 0.15) is 0 Å². The number of carbonyl (C=O) groups excluding carboxylic acids is 1. The summed E-state index contributed by atoms with van der Waals surface area (Å²) < 4.78 is 34.4. The predicted molar refractivity (Wildman–Crippen MR) is 150 cm³/mol.